The molecule has 1 aromatic carbocycles. The molecule has 0 aliphatic carbocycles. The van der Waals surface area contributed by atoms with Crippen molar-refractivity contribution in [1.82, 2.24) is 4.98 Å². The Bertz CT molecular complexity index is 443. The maximum Gasteiger partial charge on any atom is 0.127 e. The molecule has 0 bridgehead atoms. The van der Waals surface area contributed by atoms with Crippen molar-refractivity contribution in [2.24, 2.45) is 0 Å². The van der Waals surface area contributed by atoms with E-state index in [2.05, 4.69) is 4.98 Å². The summed E-state index contributed by atoms with van der Waals surface area (Å²) in [5.74, 6) is 0.311. The molecule has 3 heteroatoms. The van der Waals surface area contributed by atoms with Gasteiger partial charge < -0.3 is 5.11 Å². The Hall–Kier alpha value is -1.31. The number of phenolic OH excluding ortho intramolecular Hbond substituents is 1. The maximum atomic E-state index is 9.81. The fraction of sp³-hybridized carbons (Fsp3) is 0.0833. The summed E-state index contributed by atoms with van der Waals surface area (Å²) in [6, 6.07) is 11.3. The van der Waals surface area contributed by atoms with Gasteiger partial charge in [-0.15, -0.1) is 0 Å². The summed E-state index contributed by atoms with van der Waals surface area (Å²) in [5, 5.41) is 9.81. The normalized spacial score (nSPS) is 9.40. The second-order valence-electron chi connectivity index (χ2n) is 3.19. The molecule has 2 nitrogen and oxygen atoms in total. The summed E-state index contributed by atoms with van der Waals surface area (Å²) >= 11 is 0. The standard InChI is InChI=1S/C12H11NO.Mn/c1-9-5-4-6-10(12(9)14)11-7-2-3-8-13-11;/h2-8,14H,1H3;. The number of aromatic hydroxyl groups is 1. The van der Waals surface area contributed by atoms with E-state index in [-0.39, 0.29) is 17.1 Å². The first kappa shape index (κ1) is 11.8. The number of pyridine rings is 1. The Morgan fingerprint density at radius 1 is 1.07 bits per heavy atom. The van der Waals surface area contributed by atoms with Crippen molar-refractivity contribution in [2.75, 3.05) is 0 Å². The molecule has 2 rings (SSSR count). The van der Waals surface area contributed by atoms with Gasteiger partial charge in [0.15, 0.2) is 0 Å². The van der Waals surface area contributed by atoms with Crippen LogP contribution in [0.15, 0.2) is 42.6 Å². The van der Waals surface area contributed by atoms with Crippen LogP contribution in [0, 0.1) is 6.92 Å². The first-order chi connectivity index (χ1) is 6.79. The molecule has 0 spiro atoms. The predicted molar refractivity (Wildman–Crippen MR) is 56.1 cm³/mol. The van der Waals surface area contributed by atoms with Crippen LogP contribution in [0.4, 0.5) is 0 Å². The van der Waals surface area contributed by atoms with Crippen LogP contribution in [0.5, 0.6) is 5.75 Å². The van der Waals surface area contributed by atoms with Crippen LogP contribution < -0.4 is 0 Å². The largest absolute Gasteiger partial charge is 0.507 e. The van der Waals surface area contributed by atoms with Gasteiger partial charge in [0.1, 0.15) is 5.75 Å². The SMILES string of the molecule is Cc1cccc(-c2ccccn2)c1O.[Mn]. The van der Waals surface area contributed by atoms with Crippen molar-refractivity contribution in [2.45, 2.75) is 6.92 Å². The fourth-order valence-electron chi connectivity index (χ4n) is 1.39. The van der Waals surface area contributed by atoms with Crippen LogP contribution in [0.3, 0.4) is 0 Å². The zero-order chi connectivity index (χ0) is 9.97. The Morgan fingerprint density at radius 2 is 1.87 bits per heavy atom. The van der Waals surface area contributed by atoms with Gasteiger partial charge in [0, 0.05) is 28.8 Å². The number of aryl methyl sites for hydroxylation is 1. The minimum absolute atomic E-state index is 0. The van der Waals surface area contributed by atoms with Crippen molar-refractivity contribution >= 4 is 0 Å². The van der Waals surface area contributed by atoms with Gasteiger partial charge in [-0.2, -0.15) is 0 Å². The molecule has 2 aromatic rings. The smallest absolute Gasteiger partial charge is 0.127 e. The summed E-state index contributed by atoms with van der Waals surface area (Å²) in [7, 11) is 0. The summed E-state index contributed by atoms with van der Waals surface area (Å²) in [5.41, 5.74) is 2.45. The van der Waals surface area contributed by atoms with Gasteiger partial charge in [0.25, 0.3) is 0 Å². The fourth-order valence-corrected chi connectivity index (χ4v) is 1.39. The zero-order valence-electron chi connectivity index (χ0n) is 8.31. The van der Waals surface area contributed by atoms with Gasteiger partial charge in [0.2, 0.25) is 0 Å². The summed E-state index contributed by atoms with van der Waals surface area (Å²) in [4.78, 5) is 4.19. The molecule has 1 aromatic heterocycles. The predicted octanol–water partition coefficient (Wildman–Crippen LogP) is 2.76. The van der Waals surface area contributed by atoms with Gasteiger partial charge in [0.05, 0.1) is 5.69 Å². The van der Waals surface area contributed by atoms with E-state index in [1.807, 2.05) is 43.3 Å². The maximum absolute atomic E-state index is 9.81. The second kappa shape index (κ2) is 4.96. The molecule has 15 heavy (non-hydrogen) atoms. The van der Waals surface area contributed by atoms with Gasteiger partial charge in [-0.25, -0.2) is 0 Å². The van der Waals surface area contributed by atoms with E-state index >= 15 is 0 Å². The van der Waals surface area contributed by atoms with E-state index in [9.17, 15) is 5.11 Å². The van der Waals surface area contributed by atoms with Crippen LogP contribution in [-0.2, 0) is 17.1 Å². The summed E-state index contributed by atoms with van der Waals surface area (Å²) in [6.45, 7) is 1.88. The molecule has 0 aliphatic heterocycles. The van der Waals surface area contributed by atoms with Crippen molar-refractivity contribution < 1.29 is 22.2 Å². The van der Waals surface area contributed by atoms with Crippen LogP contribution in [0.1, 0.15) is 5.56 Å². The zero-order valence-corrected chi connectivity index (χ0v) is 9.49. The van der Waals surface area contributed by atoms with Crippen LogP contribution in [0.2, 0.25) is 0 Å². The Morgan fingerprint density at radius 3 is 2.53 bits per heavy atom. The number of benzene rings is 1. The van der Waals surface area contributed by atoms with E-state index in [1.54, 1.807) is 6.20 Å². The van der Waals surface area contributed by atoms with E-state index in [0.717, 1.165) is 16.8 Å². The topological polar surface area (TPSA) is 33.1 Å². The van der Waals surface area contributed by atoms with Crippen molar-refractivity contribution in [3.63, 3.8) is 0 Å². The average Bonchev–Trinajstić information content (AvgIpc) is 2.23. The molecule has 0 atom stereocenters. The molecule has 0 aliphatic rings. The molecular formula is C12H11MnNO. The minimum Gasteiger partial charge on any atom is -0.507 e. The number of rotatable bonds is 1. The summed E-state index contributed by atoms with van der Waals surface area (Å²) in [6.07, 6.45) is 1.72. The molecule has 0 saturated carbocycles. The molecule has 1 radical (unpaired) electrons. The third-order valence-electron chi connectivity index (χ3n) is 2.18. The Labute approximate surface area is 99.5 Å². The van der Waals surface area contributed by atoms with Gasteiger partial charge in [-0.1, -0.05) is 18.2 Å². The monoisotopic (exact) mass is 240 g/mol. The first-order valence-electron chi connectivity index (χ1n) is 4.49. The molecule has 1 N–H and O–H groups in total. The number of hydrogen-bond donors (Lipinski definition) is 1. The van der Waals surface area contributed by atoms with E-state index < -0.39 is 0 Å². The molecule has 0 amide bonds. The number of nitrogens with zero attached hydrogens (tertiary/aromatic N) is 1. The van der Waals surface area contributed by atoms with Crippen LogP contribution in [-0.4, -0.2) is 10.1 Å². The third kappa shape index (κ3) is 2.38. The van der Waals surface area contributed by atoms with Crippen molar-refractivity contribution in [3.8, 4) is 17.0 Å². The van der Waals surface area contributed by atoms with E-state index in [1.165, 1.54) is 0 Å². The molecule has 77 valence electrons. The number of aromatic nitrogens is 1. The van der Waals surface area contributed by atoms with E-state index in [4.69, 9.17) is 0 Å². The first-order valence-corrected chi connectivity index (χ1v) is 4.49. The molecule has 0 unspecified atom stereocenters. The van der Waals surface area contributed by atoms with Gasteiger partial charge in [-0.05, 0) is 30.7 Å². The van der Waals surface area contributed by atoms with Crippen molar-refractivity contribution in [1.29, 1.82) is 0 Å². The number of phenols is 1. The van der Waals surface area contributed by atoms with Gasteiger partial charge >= 0.3 is 0 Å². The Balaban J connectivity index is 0.00000112. The average molecular weight is 240 g/mol. The van der Waals surface area contributed by atoms with Crippen LogP contribution >= 0.6 is 0 Å². The minimum atomic E-state index is 0. The van der Waals surface area contributed by atoms with Crippen LogP contribution in [0.25, 0.3) is 11.3 Å². The number of para-hydroxylation sites is 1. The van der Waals surface area contributed by atoms with Gasteiger partial charge in [-0.3, -0.25) is 4.98 Å². The summed E-state index contributed by atoms with van der Waals surface area (Å²) < 4.78 is 0. The quantitative estimate of drug-likeness (QED) is 0.777. The number of hydrogen-bond acceptors (Lipinski definition) is 2. The second-order valence-corrected chi connectivity index (χ2v) is 3.19. The van der Waals surface area contributed by atoms with E-state index in [0.29, 0.717) is 5.75 Å². The van der Waals surface area contributed by atoms with Crippen molar-refractivity contribution in [3.05, 3.63) is 48.2 Å². The molecular weight excluding hydrogens is 229 g/mol. The molecule has 0 fully saturated rings. The molecule has 1 heterocycles. The third-order valence-corrected chi connectivity index (χ3v) is 2.18. The molecule has 0 saturated heterocycles. The Kier molecular flexibility index (Phi) is 3.89.